The van der Waals surface area contributed by atoms with E-state index in [-0.39, 0.29) is 11.5 Å². The van der Waals surface area contributed by atoms with Crippen molar-refractivity contribution in [1.82, 2.24) is 9.88 Å². The molecule has 3 rings (SSSR count). The van der Waals surface area contributed by atoms with E-state index < -0.39 is 0 Å². The van der Waals surface area contributed by atoms with E-state index in [2.05, 4.69) is 4.98 Å². The number of aryl methyl sites for hydroxylation is 1. The number of pyridine rings is 1. The molecule has 0 saturated heterocycles. The van der Waals surface area contributed by atoms with Crippen LogP contribution in [0.1, 0.15) is 27.2 Å². The molecule has 1 aliphatic heterocycles. The zero-order valence-electron chi connectivity index (χ0n) is 14.0. The Morgan fingerprint density at radius 1 is 1.08 bits per heavy atom. The third-order valence-electron chi connectivity index (χ3n) is 4.23. The quantitative estimate of drug-likeness (QED) is 0.934. The van der Waals surface area contributed by atoms with Crippen LogP contribution in [0.15, 0.2) is 29.1 Å². The van der Waals surface area contributed by atoms with Gasteiger partial charge in [0.25, 0.3) is 5.91 Å². The molecule has 0 unspecified atom stereocenters. The molecule has 1 aliphatic rings. The van der Waals surface area contributed by atoms with Gasteiger partial charge in [0, 0.05) is 30.4 Å². The Kier molecular flexibility index (Phi) is 4.29. The van der Waals surface area contributed by atoms with Crippen LogP contribution in [-0.2, 0) is 13.0 Å². The third-order valence-corrected chi connectivity index (χ3v) is 4.23. The van der Waals surface area contributed by atoms with Crippen molar-refractivity contribution < 1.29 is 14.3 Å². The molecule has 0 fully saturated rings. The number of hydrogen-bond acceptors (Lipinski definition) is 4. The van der Waals surface area contributed by atoms with Gasteiger partial charge >= 0.3 is 0 Å². The molecule has 1 N–H and O–H groups in total. The van der Waals surface area contributed by atoms with Gasteiger partial charge in [-0.25, -0.2) is 0 Å². The Morgan fingerprint density at radius 2 is 1.75 bits per heavy atom. The van der Waals surface area contributed by atoms with E-state index in [0.717, 1.165) is 17.5 Å². The van der Waals surface area contributed by atoms with Crippen molar-refractivity contribution in [2.24, 2.45) is 0 Å². The molecule has 6 heteroatoms. The average molecular weight is 328 g/mol. The number of ether oxygens (including phenoxy) is 2. The highest BCUT2D eigenvalue weighted by molar-refractivity contribution is 5.94. The molecule has 0 bridgehead atoms. The first kappa shape index (κ1) is 16.1. The minimum atomic E-state index is -0.262. The van der Waals surface area contributed by atoms with Gasteiger partial charge in [0.15, 0.2) is 11.5 Å². The monoisotopic (exact) mass is 328 g/mol. The second kappa shape index (κ2) is 6.39. The molecule has 2 aromatic rings. The number of rotatable bonds is 3. The summed E-state index contributed by atoms with van der Waals surface area (Å²) in [5.74, 6) is 1.21. The number of aromatic amines is 1. The SMILES string of the molecule is COc1cc2c(cc1OC)CN(C(=O)c1cc(C)[nH]c(=O)c1)CC2. The summed E-state index contributed by atoms with van der Waals surface area (Å²) in [6, 6.07) is 6.93. The molecule has 126 valence electrons. The van der Waals surface area contributed by atoms with Crippen LogP contribution in [0.5, 0.6) is 11.5 Å². The molecule has 24 heavy (non-hydrogen) atoms. The molecule has 6 nitrogen and oxygen atoms in total. The normalized spacial score (nSPS) is 13.4. The molecular formula is C18H20N2O4. The Bertz CT molecular complexity index is 841. The number of nitrogens with one attached hydrogen (secondary N) is 1. The van der Waals surface area contributed by atoms with Crippen LogP contribution < -0.4 is 15.0 Å². The second-order valence-corrected chi connectivity index (χ2v) is 5.87. The molecule has 1 aromatic carbocycles. The molecule has 1 aromatic heterocycles. The van der Waals surface area contributed by atoms with Gasteiger partial charge in [-0.2, -0.15) is 0 Å². The first-order chi connectivity index (χ1) is 11.5. The van der Waals surface area contributed by atoms with E-state index in [4.69, 9.17) is 9.47 Å². The first-order valence-electron chi connectivity index (χ1n) is 7.76. The summed E-state index contributed by atoms with van der Waals surface area (Å²) >= 11 is 0. The zero-order valence-corrected chi connectivity index (χ0v) is 14.0. The number of methoxy groups -OCH3 is 2. The second-order valence-electron chi connectivity index (χ2n) is 5.87. The number of hydrogen-bond donors (Lipinski definition) is 1. The van der Waals surface area contributed by atoms with Crippen LogP contribution in [0, 0.1) is 6.92 Å². The van der Waals surface area contributed by atoms with Crippen molar-refractivity contribution >= 4 is 5.91 Å². The smallest absolute Gasteiger partial charge is 0.254 e. The fraction of sp³-hybridized carbons (Fsp3) is 0.333. The highest BCUT2D eigenvalue weighted by Crippen LogP contribution is 2.33. The van der Waals surface area contributed by atoms with E-state index in [1.54, 1.807) is 32.1 Å². The van der Waals surface area contributed by atoms with Gasteiger partial charge in [-0.15, -0.1) is 0 Å². The topological polar surface area (TPSA) is 71.6 Å². The molecule has 0 saturated carbocycles. The van der Waals surface area contributed by atoms with Gasteiger partial charge in [0.2, 0.25) is 5.56 Å². The Balaban J connectivity index is 1.89. The van der Waals surface area contributed by atoms with Gasteiger partial charge in [-0.3, -0.25) is 9.59 Å². The Hall–Kier alpha value is -2.76. The van der Waals surface area contributed by atoms with E-state index >= 15 is 0 Å². The summed E-state index contributed by atoms with van der Waals surface area (Å²) in [6.07, 6.45) is 0.740. The number of carbonyl (C=O) groups excluding carboxylic acids is 1. The van der Waals surface area contributed by atoms with E-state index in [1.807, 2.05) is 12.1 Å². The lowest BCUT2D eigenvalue weighted by Gasteiger charge is -2.29. The third kappa shape index (κ3) is 2.99. The molecule has 0 spiro atoms. The van der Waals surface area contributed by atoms with Gasteiger partial charge < -0.3 is 19.4 Å². The number of aromatic nitrogens is 1. The number of nitrogens with zero attached hydrogens (tertiary/aromatic N) is 1. The van der Waals surface area contributed by atoms with Gasteiger partial charge in [0.05, 0.1) is 14.2 Å². The van der Waals surface area contributed by atoms with Gasteiger partial charge in [-0.05, 0) is 42.7 Å². The first-order valence-corrected chi connectivity index (χ1v) is 7.76. The number of carbonyl (C=O) groups is 1. The Morgan fingerprint density at radius 3 is 2.38 bits per heavy atom. The molecule has 0 atom stereocenters. The predicted octanol–water partition coefficient (Wildman–Crippen LogP) is 1.90. The summed E-state index contributed by atoms with van der Waals surface area (Å²) in [4.78, 5) is 28.7. The lowest BCUT2D eigenvalue weighted by atomic mass is 9.98. The maximum absolute atomic E-state index is 12.7. The zero-order chi connectivity index (χ0) is 17.3. The minimum absolute atomic E-state index is 0.135. The lowest BCUT2D eigenvalue weighted by molar-refractivity contribution is 0.0734. The largest absolute Gasteiger partial charge is 0.493 e. The predicted molar refractivity (Wildman–Crippen MR) is 89.8 cm³/mol. The highest BCUT2D eigenvalue weighted by Gasteiger charge is 2.24. The minimum Gasteiger partial charge on any atom is -0.493 e. The van der Waals surface area contributed by atoms with Crippen LogP contribution >= 0.6 is 0 Å². The van der Waals surface area contributed by atoms with Gasteiger partial charge in [0.1, 0.15) is 0 Å². The maximum atomic E-state index is 12.7. The summed E-state index contributed by atoms with van der Waals surface area (Å²) in [5, 5.41) is 0. The number of fused-ring (bicyclic) bond motifs is 1. The van der Waals surface area contributed by atoms with Gasteiger partial charge in [-0.1, -0.05) is 0 Å². The van der Waals surface area contributed by atoms with E-state index in [9.17, 15) is 9.59 Å². The standard InChI is InChI=1S/C18H20N2O4/c1-11-6-13(9-17(21)19-11)18(22)20-5-4-12-7-15(23-2)16(24-3)8-14(12)10-20/h6-9H,4-5,10H2,1-3H3,(H,19,21). The summed E-state index contributed by atoms with van der Waals surface area (Å²) < 4.78 is 10.7. The molecule has 2 heterocycles. The van der Waals surface area contributed by atoms with Crippen molar-refractivity contribution in [3.05, 3.63) is 57.0 Å². The van der Waals surface area contributed by atoms with Crippen LogP contribution in [0.2, 0.25) is 0 Å². The molecule has 0 radical (unpaired) electrons. The van der Waals surface area contributed by atoms with Crippen molar-refractivity contribution in [2.75, 3.05) is 20.8 Å². The summed E-state index contributed by atoms with van der Waals surface area (Å²) in [5.41, 5.74) is 3.02. The van der Waals surface area contributed by atoms with Crippen molar-refractivity contribution in [3.63, 3.8) is 0 Å². The molecule has 1 amide bonds. The fourth-order valence-corrected chi connectivity index (χ4v) is 3.05. The van der Waals surface area contributed by atoms with Crippen LogP contribution in [0.4, 0.5) is 0 Å². The number of benzene rings is 1. The average Bonchev–Trinajstić information content (AvgIpc) is 2.58. The van der Waals surface area contributed by atoms with E-state index in [1.165, 1.54) is 6.07 Å². The number of amides is 1. The number of H-pyrrole nitrogens is 1. The van der Waals surface area contributed by atoms with Crippen LogP contribution in [0.25, 0.3) is 0 Å². The Labute approximate surface area is 140 Å². The highest BCUT2D eigenvalue weighted by atomic mass is 16.5. The molecule has 0 aliphatic carbocycles. The van der Waals surface area contributed by atoms with Crippen LogP contribution in [0.3, 0.4) is 0 Å². The summed E-state index contributed by atoms with van der Waals surface area (Å²) in [7, 11) is 3.20. The fourth-order valence-electron chi connectivity index (χ4n) is 3.05. The van der Waals surface area contributed by atoms with Crippen LogP contribution in [-0.4, -0.2) is 36.6 Å². The lowest BCUT2D eigenvalue weighted by Crippen LogP contribution is -2.36. The van der Waals surface area contributed by atoms with Crippen molar-refractivity contribution in [2.45, 2.75) is 19.9 Å². The van der Waals surface area contributed by atoms with Crippen molar-refractivity contribution in [3.8, 4) is 11.5 Å². The van der Waals surface area contributed by atoms with Crippen molar-refractivity contribution in [1.29, 1.82) is 0 Å². The maximum Gasteiger partial charge on any atom is 0.254 e. The summed E-state index contributed by atoms with van der Waals surface area (Å²) in [6.45, 7) is 2.86. The van der Waals surface area contributed by atoms with E-state index in [0.29, 0.717) is 35.8 Å². The molecular weight excluding hydrogens is 308 g/mol.